The summed E-state index contributed by atoms with van der Waals surface area (Å²) in [6, 6.07) is 0.365. The first-order valence-corrected chi connectivity index (χ1v) is 5.47. The van der Waals surface area contributed by atoms with Crippen LogP contribution in [0.3, 0.4) is 0 Å². The lowest BCUT2D eigenvalue weighted by Gasteiger charge is -2.24. The van der Waals surface area contributed by atoms with Crippen LogP contribution >= 0.6 is 0 Å². The van der Waals surface area contributed by atoms with Crippen LogP contribution in [0.5, 0.6) is 0 Å². The summed E-state index contributed by atoms with van der Waals surface area (Å²) in [4.78, 5) is 24.7. The average Bonchev–Trinajstić information content (AvgIpc) is 3.07. The van der Waals surface area contributed by atoms with Crippen molar-refractivity contribution in [3.63, 3.8) is 0 Å². The molecule has 1 atom stereocenters. The van der Waals surface area contributed by atoms with E-state index in [0.717, 1.165) is 12.8 Å². The summed E-state index contributed by atoms with van der Waals surface area (Å²) in [6.07, 6.45) is 2.64. The van der Waals surface area contributed by atoms with Gasteiger partial charge in [-0.15, -0.1) is 0 Å². The Morgan fingerprint density at radius 3 is 2.47 bits per heavy atom. The van der Waals surface area contributed by atoms with Crippen LogP contribution in [0.2, 0.25) is 0 Å². The largest absolute Gasteiger partial charge is 0.469 e. The van der Waals surface area contributed by atoms with Crippen molar-refractivity contribution in [3.05, 3.63) is 0 Å². The lowest BCUT2D eigenvalue weighted by atomic mass is 10.1. The highest BCUT2D eigenvalue weighted by atomic mass is 16.5. The molecule has 0 radical (unpaired) electrons. The molecule has 1 amide bonds. The van der Waals surface area contributed by atoms with Crippen molar-refractivity contribution < 1.29 is 14.3 Å². The predicted octanol–water partition coefficient (Wildman–Crippen LogP) is 1.20. The number of nitrogens with zero attached hydrogens (tertiary/aromatic N) is 1. The van der Waals surface area contributed by atoms with Gasteiger partial charge in [0, 0.05) is 19.0 Å². The molecule has 15 heavy (non-hydrogen) atoms. The molecule has 0 aromatic heterocycles. The fourth-order valence-corrected chi connectivity index (χ4v) is 1.61. The topological polar surface area (TPSA) is 46.6 Å². The van der Waals surface area contributed by atoms with Gasteiger partial charge >= 0.3 is 5.97 Å². The Kier molecular flexibility index (Phi) is 4.12. The zero-order valence-electron chi connectivity index (χ0n) is 9.66. The van der Waals surface area contributed by atoms with Gasteiger partial charge in [0.25, 0.3) is 0 Å². The van der Waals surface area contributed by atoms with Crippen molar-refractivity contribution >= 4 is 11.9 Å². The third-order valence-electron chi connectivity index (χ3n) is 2.68. The third-order valence-corrected chi connectivity index (χ3v) is 2.68. The second kappa shape index (κ2) is 5.14. The van der Waals surface area contributed by atoms with E-state index in [1.165, 1.54) is 7.11 Å². The van der Waals surface area contributed by atoms with Crippen LogP contribution in [0.4, 0.5) is 0 Å². The lowest BCUT2D eigenvalue weighted by Crippen LogP contribution is -2.38. The molecule has 4 heteroatoms. The van der Waals surface area contributed by atoms with Crippen LogP contribution in [-0.2, 0) is 14.3 Å². The van der Waals surface area contributed by atoms with Gasteiger partial charge in [-0.1, -0.05) is 13.8 Å². The predicted molar refractivity (Wildman–Crippen MR) is 56.2 cm³/mol. The van der Waals surface area contributed by atoms with Gasteiger partial charge in [-0.05, 0) is 12.8 Å². The molecule has 1 aliphatic carbocycles. The van der Waals surface area contributed by atoms with Crippen LogP contribution < -0.4 is 0 Å². The van der Waals surface area contributed by atoms with E-state index >= 15 is 0 Å². The molecule has 0 aromatic rings. The molecule has 0 spiro atoms. The van der Waals surface area contributed by atoms with Crippen molar-refractivity contribution in [1.82, 2.24) is 4.90 Å². The van der Waals surface area contributed by atoms with Gasteiger partial charge in [0.2, 0.25) is 5.91 Å². The van der Waals surface area contributed by atoms with E-state index in [1.54, 1.807) is 6.92 Å². The molecule has 0 N–H and O–H groups in total. The number of ether oxygens (including phenoxy) is 1. The van der Waals surface area contributed by atoms with Crippen LogP contribution in [0.25, 0.3) is 0 Å². The standard InChI is InChI=1S/C11H19NO3/c1-4-10(13)12(9-5-6-9)7-8(2)11(14)15-3/h8-9H,4-7H2,1-3H3. The highest BCUT2D eigenvalue weighted by molar-refractivity contribution is 5.78. The van der Waals surface area contributed by atoms with Crippen LogP contribution in [-0.4, -0.2) is 36.5 Å². The number of methoxy groups -OCH3 is 1. The van der Waals surface area contributed by atoms with Crippen LogP contribution in [0.15, 0.2) is 0 Å². The molecule has 86 valence electrons. The first-order chi connectivity index (χ1) is 7.10. The molecule has 0 heterocycles. The minimum Gasteiger partial charge on any atom is -0.469 e. The third kappa shape index (κ3) is 3.22. The van der Waals surface area contributed by atoms with E-state index in [4.69, 9.17) is 0 Å². The molecule has 1 unspecified atom stereocenters. The molecule has 1 rings (SSSR count). The minimum absolute atomic E-state index is 0.133. The number of rotatable bonds is 5. The Bertz CT molecular complexity index is 248. The summed E-state index contributed by atoms with van der Waals surface area (Å²) in [6.45, 7) is 4.13. The van der Waals surface area contributed by atoms with Crippen LogP contribution in [0, 0.1) is 5.92 Å². The fraction of sp³-hybridized carbons (Fsp3) is 0.818. The molecule has 1 saturated carbocycles. The first kappa shape index (κ1) is 12.0. The average molecular weight is 213 g/mol. The number of hydrogen-bond donors (Lipinski definition) is 0. The summed E-state index contributed by atoms with van der Waals surface area (Å²) >= 11 is 0. The molecule has 0 saturated heterocycles. The maximum Gasteiger partial charge on any atom is 0.310 e. The summed E-state index contributed by atoms with van der Waals surface area (Å²) in [7, 11) is 1.38. The quantitative estimate of drug-likeness (QED) is 0.645. The Morgan fingerprint density at radius 2 is 2.07 bits per heavy atom. The monoisotopic (exact) mass is 213 g/mol. The summed E-state index contributed by atoms with van der Waals surface area (Å²) in [5, 5.41) is 0. The van der Waals surface area contributed by atoms with E-state index < -0.39 is 0 Å². The fourth-order valence-electron chi connectivity index (χ4n) is 1.61. The summed E-state index contributed by atoms with van der Waals surface area (Å²) in [5.74, 6) is -0.344. The SMILES string of the molecule is CCC(=O)N(CC(C)C(=O)OC)C1CC1. The van der Waals surface area contributed by atoms with Gasteiger partial charge in [0.05, 0.1) is 13.0 Å². The second-order valence-corrected chi connectivity index (χ2v) is 4.06. The molecule has 1 aliphatic rings. The zero-order valence-corrected chi connectivity index (χ0v) is 9.66. The van der Waals surface area contributed by atoms with E-state index in [0.29, 0.717) is 19.0 Å². The molecular weight excluding hydrogens is 194 g/mol. The van der Waals surface area contributed by atoms with Crippen molar-refractivity contribution in [2.75, 3.05) is 13.7 Å². The van der Waals surface area contributed by atoms with Crippen molar-refractivity contribution in [2.24, 2.45) is 5.92 Å². The Hall–Kier alpha value is -1.06. The maximum atomic E-state index is 11.6. The van der Waals surface area contributed by atoms with Crippen LogP contribution in [0.1, 0.15) is 33.1 Å². The first-order valence-electron chi connectivity index (χ1n) is 5.47. The van der Waals surface area contributed by atoms with E-state index in [-0.39, 0.29) is 17.8 Å². The number of carbonyl (C=O) groups excluding carboxylic acids is 2. The number of hydrogen-bond acceptors (Lipinski definition) is 3. The molecule has 0 aliphatic heterocycles. The van der Waals surface area contributed by atoms with E-state index in [9.17, 15) is 9.59 Å². The lowest BCUT2D eigenvalue weighted by molar-refractivity contribution is -0.146. The maximum absolute atomic E-state index is 11.6. The number of esters is 1. The highest BCUT2D eigenvalue weighted by Crippen LogP contribution is 2.28. The van der Waals surface area contributed by atoms with Gasteiger partial charge in [-0.25, -0.2) is 0 Å². The second-order valence-electron chi connectivity index (χ2n) is 4.06. The van der Waals surface area contributed by atoms with Crippen molar-refractivity contribution in [3.8, 4) is 0 Å². The molecule has 1 fully saturated rings. The molecule has 4 nitrogen and oxygen atoms in total. The number of amides is 1. The molecule has 0 aromatic carbocycles. The minimum atomic E-state index is -0.246. The van der Waals surface area contributed by atoms with Crippen molar-refractivity contribution in [1.29, 1.82) is 0 Å². The Labute approximate surface area is 90.6 Å². The van der Waals surface area contributed by atoms with Gasteiger partial charge in [0.1, 0.15) is 0 Å². The Balaban J connectivity index is 2.50. The van der Waals surface area contributed by atoms with Gasteiger partial charge in [-0.3, -0.25) is 9.59 Å². The van der Waals surface area contributed by atoms with E-state index in [1.807, 2.05) is 11.8 Å². The normalized spacial score (nSPS) is 17.0. The molecule has 0 bridgehead atoms. The summed E-state index contributed by atoms with van der Waals surface area (Å²) < 4.78 is 4.65. The van der Waals surface area contributed by atoms with E-state index in [2.05, 4.69) is 4.74 Å². The van der Waals surface area contributed by atoms with Crippen molar-refractivity contribution in [2.45, 2.75) is 39.2 Å². The summed E-state index contributed by atoms with van der Waals surface area (Å²) in [5.41, 5.74) is 0. The number of carbonyl (C=O) groups is 2. The van der Waals surface area contributed by atoms with Gasteiger partial charge < -0.3 is 9.64 Å². The highest BCUT2D eigenvalue weighted by Gasteiger charge is 2.33. The zero-order chi connectivity index (χ0) is 11.4. The van der Waals surface area contributed by atoms with Gasteiger partial charge in [0.15, 0.2) is 0 Å². The Morgan fingerprint density at radius 1 is 1.47 bits per heavy atom. The van der Waals surface area contributed by atoms with Gasteiger partial charge in [-0.2, -0.15) is 0 Å². The molecular formula is C11H19NO3. The smallest absolute Gasteiger partial charge is 0.310 e.